The number of rotatable bonds is 9. The second kappa shape index (κ2) is 11.8. The molecule has 5 rings (SSSR count). The van der Waals surface area contributed by atoms with E-state index < -0.39 is 15.7 Å². The smallest absolute Gasteiger partial charge is 0.344 e. The van der Waals surface area contributed by atoms with Crippen LogP contribution in [0.3, 0.4) is 0 Å². The third-order valence-electron chi connectivity index (χ3n) is 6.80. The monoisotopic (exact) mass is 567 g/mol. The van der Waals surface area contributed by atoms with Crippen molar-refractivity contribution >= 4 is 32.7 Å². The highest BCUT2D eigenvalue weighted by atomic mass is 35.5. The third kappa shape index (κ3) is 7.01. The summed E-state index contributed by atoms with van der Waals surface area (Å²) in [5.41, 5.74) is 2.56. The Morgan fingerprint density at radius 3 is 2.31 bits per heavy atom. The first-order chi connectivity index (χ1) is 18.7. The molecule has 7 nitrogen and oxygen atoms in total. The number of nitrogens with zero attached hydrogens (tertiary/aromatic N) is 1. The lowest BCUT2D eigenvalue weighted by Gasteiger charge is -2.26. The fourth-order valence-corrected chi connectivity index (χ4v) is 5.53. The Hall–Kier alpha value is -3.33. The van der Waals surface area contributed by atoms with Gasteiger partial charge in [-0.05, 0) is 85.4 Å². The quantitative estimate of drug-likeness (QED) is 0.184. The zero-order valence-electron chi connectivity index (χ0n) is 21.7. The van der Waals surface area contributed by atoms with Gasteiger partial charge in [-0.15, -0.1) is 0 Å². The molecule has 1 saturated heterocycles. The van der Waals surface area contributed by atoms with Gasteiger partial charge in [0.15, 0.2) is 0 Å². The van der Waals surface area contributed by atoms with Crippen molar-refractivity contribution < 1.29 is 21.8 Å². The summed E-state index contributed by atoms with van der Waals surface area (Å²) >= 11 is 6.09. The number of ether oxygens (including phenoxy) is 1. The number of hydrogen-bond acceptors (Lipinski definition) is 7. The minimum atomic E-state index is -3.73. The van der Waals surface area contributed by atoms with Crippen LogP contribution in [0.25, 0.3) is 22.1 Å². The van der Waals surface area contributed by atoms with Crippen molar-refractivity contribution in [2.75, 3.05) is 32.5 Å². The van der Waals surface area contributed by atoms with Crippen LogP contribution < -0.4 is 14.5 Å². The van der Waals surface area contributed by atoms with Crippen LogP contribution in [0.4, 0.5) is 0 Å². The zero-order valence-corrected chi connectivity index (χ0v) is 23.3. The third-order valence-corrected chi connectivity index (χ3v) is 7.54. The van der Waals surface area contributed by atoms with Crippen LogP contribution in [0.15, 0.2) is 75.9 Å². The summed E-state index contributed by atoms with van der Waals surface area (Å²) < 4.78 is 39.8. The van der Waals surface area contributed by atoms with Gasteiger partial charge in [0, 0.05) is 23.0 Å². The molecule has 3 aromatic carbocycles. The fraction of sp³-hybridized carbons (Fsp3) is 0.300. The Bertz CT molecular complexity index is 1610. The van der Waals surface area contributed by atoms with Gasteiger partial charge in [-0.3, -0.25) is 4.90 Å². The molecule has 0 saturated carbocycles. The molecule has 2 heterocycles. The average Bonchev–Trinajstić information content (AvgIpc) is 2.90. The van der Waals surface area contributed by atoms with Gasteiger partial charge < -0.3 is 13.3 Å². The van der Waals surface area contributed by atoms with Crippen LogP contribution in [0.1, 0.15) is 30.4 Å². The molecule has 0 radical (unpaired) electrons. The van der Waals surface area contributed by atoms with Crippen LogP contribution in [-0.4, -0.2) is 45.8 Å². The van der Waals surface area contributed by atoms with E-state index in [1.54, 1.807) is 36.4 Å². The molecule has 39 heavy (non-hydrogen) atoms. The zero-order chi connectivity index (χ0) is 27.4. The maximum absolute atomic E-state index is 13.2. The topological polar surface area (TPSA) is 86.1 Å². The number of hydrogen-bond donors (Lipinski definition) is 0. The SMILES string of the molecule is CS(=O)(=O)Oc1ccc2c(Cc3ccc(OCCN4CCCCC4)cc3)c(-c3ccc(Cl)cc3)c(=O)oc2c1. The lowest BCUT2D eigenvalue weighted by molar-refractivity contribution is 0.183. The van der Waals surface area contributed by atoms with Gasteiger partial charge in [-0.2, -0.15) is 8.42 Å². The molecule has 0 unspecified atom stereocenters. The van der Waals surface area contributed by atoms with E-state index >= 15 is 0 Å². The Balaban J connectivity index is 1.44. The summed E-state index contributed by atoms with van der Waals surface area (Å²) in [6.45, 7) is 3.84. The van der Waals surface area contributed by atoms with Crippen LogP contribution >= 0.6 is 11.6 Å². The molecule has 9 heteroatoms. The molecule has 1 aliphatic rings. The van der Waals surface area contributed by atoms with Crippen LogP contribution in [0, 0.1) is 0 Å². The van der Waals surface area contributed by atoms with E-state index in [0.717, 1.165) is 42.8 Å². The van der Waals surface area contributed by atoms with Gasteiger partial charge in [0.05, 0.1) is 11.8 Å². The maximum atomic E-state index is 13.2. The molecule has 204 valence electrons. The normalized spacial score (nSPS) is 14.4. The number of likely N-dealkylation sites (tertiary alicyclic amines) is 1. The minimum absolute atomic E-state index is 0.0735. The lowest BCUT2D eigenvalue weighted by Crippen LogP contribution is -2.33. The summed E-state index contributed by atoms with van der Waals surface area (Å²) in [6.07, 6.45) is 5.23. The van der Waals surface area contributed by atoms with Crippen molar-refractivity contribution in [2.24, 2.45) is 0 Å². The summed E-state index contributed by atoms with van der Waals surface area (Å²) in [6, 6.07) is 19.6. The van der Waals surface area contributed by atoms with Gasteiger partial charge in [-0.1, -0.05) is 42.3 Å². The van der Waals surface area contributed by atoms with Gasteiger partial charge in [-0.25, -0.2) is 4.79 Å². The standard InChI is InChI=1S/C30H30ClNO6S/c1-39(34,35)38-25-13-14-26-27(29(30(33)37-28(26)20-25)22-7-9-23(31)10-8-22)19-21-5-11-24(12-6-21)36-18-17-32-15-3-2-4-16-32/h5-14,20H,2-4,15-19H2,1H3. The lowest BCUT2D eigenvalue weighted by atomic mass is 9.93. The van der Waals surface area contributed by atoms with Crippen LogP contribution in [0.2, 0.25) is 5.02 Å². The van der Waals surface area contributed by atoms with E-state index in [1.165, 1.54) is 25.3 Å². The summed E-state index contributed by atoms with van der Waals surface area (Å²) in [5, 5.41) is 1.24. The average molecular weight is 568 g/mol. The van der Waals surface area contributed by atoms with Crippen molar-refractivity contribution in [1.29, 1.82) is 0 Å². The first kappa shape index (κ1) is 27.2. The molecule has 1 aliphatic heterocycles. The van der Waals surface area contributed by atoms with E-state index in [0.29, 0.717) is 34.6 Å². The largest absolute Gasteiger partial charge is 0.492 e. The Morgan fingerprint density at radius 1 is 0.923 bits per heavy atom. The molecular formula is C30H30ClNO6S. The molecular weight excluding hydrogens is 538 g/mol. The Kier molecular flexibility index (Phi) is 8.26. The second-order valence-electron chi connectivity index (χ2n) is 9.77. The van der Waals surface area contributed by atoms with Crippen molar-refractivity contribution in [3.8, 4) is 22.6 Å². The number of piperidine rings is 1. The molecule has 0 N–H and O–H groups in total. The second-order valence-corrected chi connectivity index (χ2v) is 11.8. The highest BCUT2D eigenvalue weighted by Crippen LogP contribution is 2.32. The van der Waals surface area contributed by atoms with Gasteiger partial charge in [0.1, 0.15) is 23.7 Å². The highest BCUT2D eigenvalue weighted by Gasteiger charge is 2.19. The van der Waals surface area contributed by atoms with E-state index in [4.69, 9.17) is 24.9 Å². The molecule has 4 aromatic rings. The minimum Gasteiger partial charge on any atom is -0.492 e. The van der Waals surface area contributed by atoms with Crippen molar-refractivity contribution in [3.05, 3.63) is 93.3 Å². The number of benzene rings is 3. The summed E-state index contributed by atoms with van der Waals surface area (Å²) in [4.78, 5) is 15.7. The van der Waals surface area contributed by atoms with Gasteiger partial charge in [0.25, 0.3) is 0 Å². The van der Waals surface area contributed by atoms with Gasteiger partial charge >= 0.3 is 15.7 Å². The van der Waals surface area contributed by atoms with Crippen molar-refractivity contribution in [1.82, 2.24) is 4.90 Å². The maximum Gasteiger partial charge on any atom is 0.344 e. The molecule has 1 aromatic heterocycles. The molecule has 0 aliphatic carbocycles. The molecule has 0 spiro atoms. The Morgan fingerprint density at radius 2 is 1.62 bits per heavy atom. The predicted molar refractivity (Wildman–Crippen MR) is 153 cm³/mol. The van der Waals surface area contributed by atoms with Gasteiger partial charge in [0.2, 0.25) is 0 Å². The van der Waals surface area contributed by atoms with E-state index in [9.17, 15) is 13.2 Å². The van der Waals surface area contributed by atoms with Crippen LogP contribution in [-0.2, 0) is 16.5 Å². The summed E-state index contributed by atoms with van der Waals surface area (Å²) in [7, 11) is -3.73. The molecule has 0 atom stereocenters. The first-order valence-corrected chi connectivity index (χ1v) is 15.1. The number of halogens is 1. The number of fused-ring (bicyclic) bond motifs is 1. The first-order valence-electron chi connectivity index (χ1n) is 12.9. The molecule has 0 bridgehead atoms. The highest BCUT2D eigenvalue weighted by molar-refractivity contribution is 7.86. The van der Waals surface area contributed by atoms with Crippen molar-refractivity contribution in [2.45, 2.75) is 25.7 Å². The fourth-order valence-electron chi connectivity index (χ4n) is 4.95. The predicted octanol–water partition coefficient (Wildman–Crippen LogP) is 5.91. The van der Waals surface area contributed by atoms with E-state index in [-0.39, 0.29) is 11.3 Å². The van der Waals surface area contributed by atoms with Crippen molar-refractivity contribution in [3.63, 3.8) is 0 Å². The Labute approximate surface area is 233 Å². The van der Waals surface area contributed by atoms with E-state index in [2.05, 4.69) is 4.90 Å². The molecule has 0 amide bonds. The van der Waals surface area contributed by atoms with E-state index in [1.807, 2.05) is 24.3 Å². The molecule has 1 fully saturated rings. The van der Waals surface area contributed by atoms with Crippen LogP contribution in [0.5, 0.6) is 11.5 Å². The summed E-state index contributed by atoms with van der Waals surface area (Å²) in [5.74, 6) is 0.873.